The van der Waals surface area contributed by atoms with Gasteiger partial charge >= 0.3 is 5.69 Å². The minimum Gasteiger partial charge on any atom is -0.497 e. The maximum atomic E-state index is 12.9. The summed E-state index contributed by atoms with van der Waals surface area (Å²) in [5.74, 6) is -2.00. The Morgan fingerprint density at radius 2 is 1.78 bits per heavy atom. The Bertz CT molecular complexity index is 971. The van der Waals surface area contributed by atoms with Gasteiger partial charge < -0.3 is 9.72 Å². The number of nitrogens with one attached hydrogen (secondary N) is 1. The average Bonchev–Trinajstić information content (AvgIpc) is 2.95. The van der Waals surface area contributed by atoms with Gasteiger partial charge in [0.1, 0.15) is 11.4 Å². The Morgan fingerprint density at radius 3 is 2.22 bits per heavy atom. The lowest BCUT2D eigenvalue weighted by molar-refractivity contribution is -0.766. The largest absolute Gasteiger partial charge is 0.497 e. The lowest BCUT2D eigenvalue weighted by atomic mass is 10.0. The number of carbonyl (C=O) groups is 3. The number of methoxy groups -OCH3 is 1. The minimum atomic E-state index is -1.87. The Hall–Kier alpha value is -3.76. The molecule has 2 rings (SSSR count). The highest BCUT2D eigenvalue weighted by Crippen LogP contribution is 2.23. The summed E-state index contributed by atoms with van der Waals surface area (Å²) in [5.41, 5.74) is -1.94. The van der Waals surface area contributed by atoms with E-state index in [0.717, 1.165) is 13.8 Å². The number of hydrogen-bond acceptors (Lipinski definition) is 8. The van der Waals surface area contributed by atoms with Crippen LogP contribution >= 0.6 is 0 Å². The van der Waals surface area contributed by atoms with E-state index in [9.17, 15) is 29.3 Å². The summed E-state index contributed by atoms with van der Waals surface area (Å²) in [7, 11) is 1.43. The molecule has 0 radical (unpaired) electrons. The molecule has 0 fully saturated rings. The molecule has 1 aromatic heterocycles. The molecular weight excluding hydrogens is 362 g/mol. The standard InChI is InChI=1S/C16H15N3O8/c1-8(20)15(27-19(24)25)12-13(18(9(2)21)16(23)17-12)14(22)10-4-6-11(26-3)7-5-10/h4-7,15H,1-3H3,(H,17,23). The summed E-state index contributed by atoms with van der Waals surface area (Å²) in [6.07, 6.45) is -1.87. The number of Topliss-reactive ketones (excluding diaryl/α,β-unsaturated/α-hetero) is 1. The van der Waals surface area contributed by atoms with Crippen LogP contribution in [-0.2, 0) is 9.63 Å². The van der Waals surface area contributed by atoms with E-state index in [1.807, 2.05) is 0 Å². The zero-order valence-corrected chi connectivity index (χ0v) is 14.5. The number of rotatable bonds is 7. The highest BCUT2D eigenvalue weighted by atomic mass is 17.0. The van der Waals surface area contributed by atoms with Gasteiger partial charge in [0.2, 0.25) is 17.8 Å². The van der Waals surface area contributed by atoms with Crippen molar-refractivity contribution in [1.29, 1.82) is 0 Å². The summed E-state index contributed by atoms with van der Waals surface area (Å²) < 4.78 is 5.49. The van der Waals surface area contributed by atoms with Crippen molar-refractivity contribution in [2.75, 3.05) is 7.11 Å². The molecule has 11 nitrogen and oxygen atoms in total. The maximum absolute atomic E-state index is 12.9. The van der Waals surface area contributed by atoms with E-state index in [-0.39, 0.29) is 5.56 Å². The predicted octanol–water partition coefficient (Wildman–Crippen LogP) is 0.914. The summed E-state index contributed by atoms with van der Waals surface area (Å²) in [6, 6.07) is 5.71. The van der Waals surface area contributed by atoms with E-state index in [1.165, 1.54) is 31.4 Å². The molecule has 0 aliphatic heterocycles. The number of imidazole rings is 1. The zero-order valence-electron chi connectivity index (χ0n) is 14.5. The van der Waals surface area contributed by atoms with Crippen molar-refractivity contribution >= 4 is 17.5 Å². The molecule has 1 atom stereocenters. The second-order valence-corrected chi connectivity index (χ2v) is 5.42. The molecule has 2 aromatic rings. The molecule has 1 N–H and O–H groups in total. The van der Waals surface area contributed by atoms with Crippen molar-refractivity contribution in [2.24, 2.45) is 0 Å². The normalized spacial score (nSPS) is 11.5. The van der Waals surface area contributed by atoms with E-state index in [0.29, 0.717) is 10.3 Å². The average molecular weight is 377 g/mol. The lowest BCUT2D eigenvalue weighted by Gasteiger charge is -2.13. The second kappa shape index (κ2) is 7.64. The van der Waals surface area contributed by atoms with E-state index < -0.39 is 45.7 Å². The highest BCUT2D eigenvalue weighted by molar-refractivity contribution is 6.11. The topological polar surface area (TPSA) is 151 Å². The van der Waals surface area contributed by atoms with Crippen LogP contribution in [0.5, 0.6) is 5.75 Å². The van der Waals surface area contributed by atoms with Gasteiger partial charge in [-0.1, -0.05) is 0 Å². The molecule has 0 bridgehead atoms. The van der Waals surface area contributed by atoms with Gasteiger partial charge in [-0.15, -0.1) is 10.1 Å². The monoisotopic (exact) mass is 377 g/mol. The van der Waals surface area contributed by atoms with Crippen LogP contribution < -0.4 is 10.4 Å². The van der Waals surface area contributed by atoms with Crippen LogP contribution in [0.25, 0.3) is 0 Å². The van der Waals surface area contributed by atoms with Gasteiger partial charge in [0.15, 0.2) is 5.78 Å². The van der Waals surface area contributed by atoms with Gasteiger partial charge in [-0.3, -0.25) is 19.2 Å². The zero-order chi connectivity index (χ0) is 20.3. The minimum absolute atomic E-state index is 0.0643. The third kappa shape index (κ3) is 3.92. The summed E-state index contributed by atoms with van der Waals surface area (Å²) in [4.78, 5) is 65.9. The first kappa shape index (κ1) is 19.6. The molecule has 1 unspecified atom stereocenters. The van der Waals surface area contributed by atoms with Crippen molar-refractivity contribution in [3.05, 3.63) is 61.8 Å². The first-order valence-electron chi connectivity index (χ1n) is 7.53. The van der Waals surface area contributed by atoms with Gasteiger partial charge in [-0.2, -0.15) is 0 Å². The molecular formula is C16H15N3O8. The highest BCUT2D eigenvalue weighted by Gasteiger charge is 2.33. The van der Waals surface area contributed by atoms with Crippen LogP contribution in [0.3, 0.4) is 0 Å². The molecule has 0 aliphatic rings. The lowest BCUT2D eigenvalue weighted by Crippen LogP contribution is -2.26. The smallest absolute Gasteiger partial charge is 0.333 e. The van der Waals surface area contributed by atoms with Crippen molar-refractivity contribution in [2.45, 2.75) is 20.0 Å². The van der Waals surface area contributed by atoms with E-state index >= 15 is 0 Å². The molecule has 0 saturated heterocycles. The number of aromatic nitrogens is 2. The number of benzene rings is 1. The van der Waals surface area contributed by atoms with Crippen LogP contribution in [0.15, 0.2) is 29.1 Å². The quantitative estimate of drug-likeness (QED) is 0.425. The van der Waals surface area contributed by atoms with Crippen molar-refractivity contribution in [3.8, 4) is 5.75 Å². The Kier molecular flexibility index (Phi) is 5.54. The summed E-state index contributed by atoms with van der Waals surface area (Å²) in [5, 5.41) is 9.48. The third-order valence-corrected chi connectivity index (χ3v) is 3.63. The fraction of sp³-hybridized carbons (Fsp3) is 0.250. The molecule has 1 heterocycles. The number of carbonyl (C=O) groups excluding carboxylic acids is 3. The fourth-order valence-corrected chi connectivity index (χ4v) is 2.46. The predicted molar refractivity (Wildman–Crippen MR) is 89.3 cm³/mol. The summed E-state index contributed by atoms with van der Waals surface area (Å²) >= 11 is 0. The van der Waals surface area contributed by atoms with Crippen molar-refractivity contribution in [1.82, 2.24) is 9.55 Å². The number of H-pyrrole nitrogens is 1. The van der Waals surface area contributed by atoms with Crippen LogP contribution in [-0.4, -0.2) is 39.2 Å². The van der Waals surface area contributed by atoms with Crippen LogP contribution in [0.1, 0.15) is 46.5 Å². The SMILES string of the molecule is COc1ccc(C(=O)c2c(C(O[N+](=O)[O-])C(C)=O)[nH]c(=O)n2C(C)=O)cc1. The first-order valence-corrected chi connectivity index (χ1v) is 7.53. The summed E-state index contributed by atoms with van der Waals surface area (Å²) in [6.45, 7) is 2.01. The molecule has 0 spiro atoms. The Morgan fingerprint density at radius 1 is 1.19 bits per heavy atom. The van der Waals surface area contributed by atoms with Gasteiger partial charge in [0, 0.05) is 12.5 Å². The van der Waals surface area contributed by atoms with Crippen molar-refractivity contribution in [3.63, 3.8) is 0 Å². The molecule has 1 aromatic carbocycles. The molecule has 0 amide bonds. The van der Waals surface area contributed by atoms with E-state index in [1.54, 1.807) is 0 Å². The molecule has 0 saturated carbocycles. The Balaban J connectivity index is 2.69. The second-order valence-electron chi connectivity index (χ2n) is 5.42. The van der Waals surface area contributed by atoms with Gasteiger partial charge in [0.25, 0.3) is 5.09 Å². The molecule has 142 valence electrons. The Labute approximate surface area is 151 Å². The first-order chi connectivity index (χ1) is 12.7. The number of ether oxygens (including phenoxy) is 1. The molecule has 27 heavy (non-hydrogen) atoms. The maximum Gasteiger partial charge on any atom is 0.333 e. The number of aromatic amines is 1. The van der Waals surface area contributed by atoms with Gasteiger partial charge in [-0.05, 0) is 31.2 Å². The van der Waals surface area contributed by atoms with Crippen LogP contribution in [0, 0.1) is 10.1 Å². The van der Waals surface area contributed by atoms with Crippen molar-refractivity contribution < 1.29 is 29.0 Å². The number of nitrogens with zero attached hydrogens (tertiary/aromatic N) is 2. The third-order valence-electron chi connectivity index (χ3n) is 3.63. The van der Waals surface area contributed by atoms with Gasteiger partial charge in [0.05, 0.1) is 12.8 Å². The van der Waals surface area contributed by atoms with Crippen LogP contribution in [0.4, 0.5) is 0 Å². The van der Waals surface area contributed by atoms with E-state index in [2.05, 4.69) is 9.82 Å². The van der Waals surface area contributed by atoms with E-state index in [4.69, 9.17) is 4.74 Å². The number of hydrogen-bond donors (Lipinski definition) is 1. The molecule has 11 heteroatoms. The number of ketones is 2. The van der Waals surface area contributed by atoms with Gasteiger partial charge in [-0.25, -0.2) is 9.36 Å². The van der Waals surface area contributed by atoms with Crippen LogP contribution in [0.2, 0.25) is 0 Å². The fourth-order valence-electron chi connectivity index (χ4n) is 2.46. The molecule has 0 aliphatic carbocycles.